The highest BCUT2D eigenvalue weighted by Gasteiger charge is 1.99. The molecule has 1 N–H and O–H groups in total. The Morgan fingerprint density at radius 1 is 1.31 bits per heavy atom. The number of benzene rings is 1. The SMILES string of the molecule is CO/C=C\c1ccc(OC)c(O)c1. The Balaban J connectivity index is 2.89. The summed E-state index contributed by atoms with van der Waals surface area (Å²) in [5.41, 5.74) is 0.861. The summed E-state index contributed by atoms with van der Waals surface area (Å²) in [5, 5.41) is 9.39. The molecule has 13 heavy (non-hydrogen) atoms. The average molecular weight is 180 g/mol. The van der Waals surface area contributed by atoms with Crippen molar-refractivity contribution in [1.29, 1.82) is 0 Å². The lowest BCUT2D eigenvalue weighted by molar-refractivity contribution is 0.341. The minimum absolute atomic E-state index is 0.126. The van der Waals surface area contributed by atoms with Crippen molar-refractivity contribution in [3.05, 3.63) is 30.0 Å². The molecule has 1 rings (SSSR count). The first kappa shape index (κ1) is 9.45. The second-order valence-corrected chi connectivity index (χ2v) is 2.47. The molecular weight excluding hydrogens is 168 g/mol. The molecule has 0 saturated heterocycles. The fourth-order valence-electron chi connectivity index (χ4n) is 0.957. The third-order valence-electron chi connectivity index (χ3n) is 1.60. The molecule has 0 saturated carbocycles. The second kappa shape index (κ2) is 4.40. The maximum atomic E-state index is 9.39. The van der Waals surface area contributed by atoms with E-state index in [9.17, 15) is 5.11 Å². The van der Waals surface area contributed by atoms with Crippen molar-refractivity contribution in [3.63, 3.8) is 0 Å². The third kappa shape index (κ3) is 2.40. The predicted molar refractivity (Wildman–Crippen MR) is 50.7 cm³/mol. The predicted octanol–water partition coefficient (Wildman–Crippen LogP) is 2.02. The number of hydrogen-bond donors (Lipinski definition) is 1. The van der Waals surface area contributed by atoms with Crippen molar-refractivity contribution in [2.75, 3.05) is 14.2 Å². The maximum Gasteiger partial charge on any atom is 0.160 e. The standard InChI is InChI=1S/C10H12O3/c1-12-6-5-8-3-4-10(13-2)9(11)7-8/h3-7,11H,1-2H3/b6-5-. The van der Waals surface area contributed by atoms with Crippen LogP contribution in [0.5, 0.6) is 11.5 Å². The van der Waals surface area contributed by atoms with Crippen LogP contribution in [0.1, 0.15) is 5.56 Å². The first-order valence-corrected chi connectivity index (χ1v) is 3.84. The lowest BCUT2D eigenvalue weighted by Gasteiger charge is -2.02. The van der Waals surface area contributed by atoms with Gasteiger partial charge in [0, 0.05) is 0 Å². The molecule has 0 atom stereocenters. The van der Waals surface area contributed by atoms with Crippen LogP contribution in [0.2, 0.25) is 0 Å². The van der Waals surface area contributed by atoms with Crippen LogP contribution in [0.3, 0.4) is 0 Å². The molecule has 3 heteroatoms. The van der Waals surface area contributed by atoms with Crippen molar-refractivity contribution >= 4 is 6.08 Å². The molecule has 0 aliphatic rings. The zero-order valence-electron chi connectivity index (χ0n) is 7.65. The van der Waals surface area contributed by atoms with Gasteiger partial charge in [0.15, 0.2) is 11.5 Å². The Bertz CT molecular complexity index is 305. The molecule has 1 aromatic rings. The summed E-state index contributed by atoms with van der Waals surface area (Å²) in [5.74, 6) is 0.593. The van der Waals surface area contributed by atoms with Crippen molar-refractivity contribution in [3.8, 4) is 11.5 Å². The Morgan fingerprint density at radius 2 is 2.08 bits per heavy atom. The third-order valence-corrected chi connectivity index (χ3v) is 1.60. The van der Waals surface area contributed by atoms with Gasteiger partial charge in [0.05, 0.1) is 20.5 Å². The van der Waals surface area contributed by atoms with Gasteiger partial charge in [-0.1, -0.05) is 6.07 Å². The van der Waals surface area contributed by atoms with E-state index in [0.717, 1.165) is 5.56 Å². The zero-order chi connectivity index (χ0) is 9.68. The fraction of sp³-hybridized carbons (Fsp3) is 0.200. The van der Waals surface area contributed by atoms with E-state index < -0.39 is 0 Å². The zero-order valence-corrected chi connectivity index (χ0v) is 7.65. The molecule has 0 fully saturated rings. The van der Waals surface area contributed by atoms with Crippen molar-refractivity contribution in [2.24, 2.45) is 0 Å². The lowest BCUT2D eigenvalue weighted by atomic mass is 10.2. The normalized spacial score (nSPS) is 10.3. The summed E-state index contributed by atoms with van der Waals surface area (Å²) in [7, 11) is 3.08. The fourth-order valence-corrected chi connectivity index (χ4v) is 0.957. The molecule has 0 radical (unpaired) electrons. The summed E-state index contributed by atoms with van der Waals surface area (Å²) >= 11 is 0. The number of methoxy groups -OCH3 is 2. The van der Waals surface area contributed by atoms with E-state index in [2.05, 4.69) is 0 Å². The van der Waals surface area contributed by atoms with Gasteiger partial charge in [-0.2, -0.15) is 0 Å². The number of ether oxygens (including phenoxy) is 2. The molecule has 0 aliphatic carbocycles. The van der Waals surface area contributed by atoms with Gasteiger partial charge < -0.3 is 14.6 Å². The minimum Gasteiger partial charge on any atom is -0.504 e. The summed E-state index contributed by atoms with van der Waals surface area (Å²) in [4.78, 5) is 0. The van der Waals surface area contributed by atoms with Gasteiger partial charge in [0.1, 0.15) is 0 Å². The van der Waals surface area contributed by atoms with E-state index in [4.69, 9.17) is 9.47 Å². The highest BCUT2D eigenvalue weighted by molar-refractivity contribution is 5.54. The molecule has 0 aromatic heterocycles. The first-order valence-electron chi connectivity index (χ1n) is 3.84. The van der Waals surface area contributed by atoms with Gasteiger partial charge in [-0.05, 0) is 23.8 Å². The summed E-state index contributed by atoms with van der Waals surface area (Å²) in [6.45, 7) is 0. The summed E-state index contributed by atoms with van der Waals surface area (Å²) in [6.07, 6.45) is 3.29. The average Bonchev–Trinajstić information content (AvgIpc) is 2.15. The van der Waals surface area contributed by atoms with Crippen molar-refractivity contribution in [1.82, 2.24) is 0 Å². The summed E-state index contributed by atoms with van der Waals surface area (Å²) < 4.78 is 9.65. The van der Waals surface area contributed by atoms with E-state index in [1.165, 1.54) is 7.11 Å². The van der Waals surface area contributed by atoms with Gasteiger partial charge in [0.2, 0.25) is 0 Å². The topological polar surface area (TPSA) is 38.7 Å². The van der Waals surface area contributed by atoms with Crippen LogP contribution >= 0.6 is 0 Å². The van der Waals surface area contributed by atoms with Crippen LogP contribution in [-0.2, 0) is 4.74 Å². The number of phenols is 1. The molecular formula is C10H12O3. The van der Waals surface area contributed by atoms with Crippen LogP contribution in [0, 0.1) is 0 Å². The van der Waals surface area contributed by atoms with Crippen LogP contribution in [0.4, 0.5) is 0 Å². The van der Waals surface area contributed by atoms with Crippen LogP contribution in [0.25, 0.3) is 6.08 Å². The Hall–Kier alpha value is -1.64. The Kier molecular flexibility index (Phi) is 3.20. The smallest absolute Gasteiger partial charge is 0.160 e. The van der Waals surface area contributed by atoms with Gasteiger partial charge in [-0.15, -0.1) is 0 Å². The van der Waals surface area contributed by atoms with E-state index >= 15 is 0 Å². The molecule has 0 bridgehead atoms. The number of phenolic OH excluding ortho intramolecular Hbond substituents is 1. The molecule has 0 spiro atoms. The molecule has 70 valence electrons. The lowest BCUT2D eigenvalue weighted by Crippen LogP contribution is -1.83. The van der Waals surface area contributed by atoms with Gasteiger partial charge in [-0.25, -0.2) is 0 Å². The molecule has 0 heterocycles. The van der Waals surface area contributed by atoms with Crippen molar-refractivity contribution in [2.45, 2.75) is 0 Å². The number of aromatic hydroxyl groups is 1. The maximum absolute atomic E-state index is 9.39. The molecule has 0 unspecified atom stereocenters. The van der Waals surface area contributed by atoms with Crippen LogP contribution in [0.15, 0.2) is 24.5 Å². The first-order chi connectivity index (χ1) is 6.27. The molecule has 1 aromatic carbocycles. The van der Waals surface area contributed by atoms with Crippen LogP contribution in [-0.4, -0.2) is 19.3 Å². The van der Waals surface area contributed by atoms with Crippen molar-refractivity contribution < 1.29 is 14.6 Å². The monoisotopic (exact) mass is 180 g/mol. The van der Waals surface area contributed by atoms with Crippen LogP contribution < -0.4 is 4.74 Å². The Morgan fingerprint density at radius 3 is 2.62 bits per heavy atom. The van der Waals surface area contributed by atoms with E-state index in [1.54, 1.807) is 31.6 Å². The Labute approximate surface area is 77.2 Å². The molecule has 3 nitrogen and oxygen atoms in total. The molecule has 0 amide bonds. The van der Waals surface area contributed by atoms with Gasteiger partial charge in [0.25, 0.3) is 0 Å². The molecule has 0 aliphatic heterocycles. The van der Waals surface area contributed by atoms with Gasteiger partial charge in [-0.3, -0.25) is 0 Å². The highest BCUT2D eigenvalue weighted by Crippen LogP contribution is 2.26. The quantitative estimate of drug-likeness (QED) is 0.723. The van der Waals surface area contributed by atoms with E-state index in [0.29, 0.717) is 5.75 Å². The van der Waals surface area contributed by atoms with Gasteiger partial charge >= 0.3 is 0 Å². The second-order valence-electron chi connectivity index (χ2n) is 2.47. The largest absolute Gasteiger partial charge is 0.504 e. The highest BCUT2D eigenvalue weighted by atomic mass is 16.5. The van der Waals surface area contributed by atoms with E-state index in [-0.39, 0.29) is 5.75 Å². The minimum atomic E-state index is 0.126. The van der Waals surface area contributed by atoms with E-state index in [1.807, 2.05) is 6.07 Å². The number of hydrogen-bond acceptors (Lipinski definition) is 3. The summed E-state index contributed by atoms with van der Waals surface area (Å²) in [6, 6.07) is 5.13. The number of rotatable bonds is 3.